The Morgan fingerprint density at radius 1 is 0.656 bits per heavy atom. The number of thiol groups is 1. The van der Waals surface area contributed by atoms with E-state index in [1.54, 1.807) is 7.05 Å². The van der Waals surface area contributed by atoms with E-state index in [2.05, 4.69) is 23.3 Å². The predicted molar refractivity (Wildman–Crippen MR) is 140 cm³/mol. The Kier molecular flexibility index (Phi) is 19.1. The van der Waals surface area contributed by atoms with Crippen LogP contribution >= 0.6 is 12.6 Å². The highest BCUT2D eigenvalue weighted by atomic mass is 32.1. The van der Waals surface area contributed by atoms with Gasteiger partial charge in [0.05, 0.1) is 0 Å². The van der Waals surface area contributed by atoms with Crippen molar-refractivity contribution in [2.24, 2.45) is 5.92 Å². The number of carbonyl (C=O) groups is 2. The molecule has 5 heteroatoms. The van der Waals surface area contributed by atoms with Gasteiger partial charge in [0.25, 0.3) is 0 Å². The Morgan fingerprint density at radius 2 is 0.969 bits per heavy atom. The van der Waals surface area contributed by atoms with Gasteiger partial charge < -0.3 is 10.6 Å². The highest BCUT2D eigenvalue weighted by Gasteiger charge is 2.23. The minimum Gasteiger partial charge on any atom is -0.357 e. The lowest BCUT2D eigenvalue weighted by atomic mass is 9.93. The first-order valence-electron chi connectivity index (χ1n) is 13.8. The summed E-state index contributed by atoms with van der Waals surface area (Å²) in [6, 6.07) is -0.537. The number of rotatable bonds is 4. The van der Waals surface area contributed by atoms with Crippen LogP contribution in [0.2, 0.25) is 0 Å². The van der Waals surface area contributed by atoms with Gasteiger partial charge >= 0.3 is 0 Å². The van der Waals surface area contributed by atoms with Crippen molar-refractivity contribution in [3.8, 4) is 0 Å². The van der Waals surface area contributed by atoms with Gasteiger partial charge in [0, 0.05) is 18.7 Å². The standard InChI is InChI=1S/C27H52N2O2S/c1-28-27(31)25(23-32)29-26(30)24-21-19-17-15-13-11-9-7-5-3-2-4-6-8-10-12-14-16-18-20-22-24/h24-25,32H,2-23H2,1H3,(H,28,31)(H,29,30)/t25-/m0/s1. The maximum atomic E-state index is 12.9. The Morgan fingerprint density at radius 3 is 1.25 bits per heavy atom. The minimum atomic E-state index is -0.537. The summed E-state index contributed by atoms with van der Waals surface area (Å²) in [5.74, 6) is 0.242. The lowest BCUT2D eigenvalue weighted by Gasteiger charge is -2.21. The Labute approximate surface area is 204 Å². The summed E-state index contributed by atoms with van der Waals surface area (Å²) in [7, 11) is 1.61. The molecule has 0 saturated heterocycles. The van der Waals surface area contributed by atoms with Crippen LogP contribution in [0.15, 0.2) is 0 Å². The van der Waals surface area contributed by atoms with E-state index < -0.39 is 6.04 Å². The van der Waals surface area contributed by atoms with Crippen LogP contribution in [0.5, 0.6) is 0 Å². The fourth-order valence-electron chi connectivity index (χ4n) is 4.85. The molecule has 2 amide bonds. The summed E-state index contributed by atoms with van der Waals surface area (Å²) >= 11 is 4.25. The third-order valence-corrected chi connectivity index (χ3v) is 7.40. The number of nitrogens with one attached hydrogen (secondary N) is 2. The molecule has 0 spiro atoms. The zero-order valence-electron chi connectivity index (χ0n) is 21.0. The molecule has 2 N–H and O–H groups in total. The van der Waals surface area contributed by atoms with Crippen LogP contribution in [0.1, 0.15) is 135 Å². The molecule has 1 rings (SSSR count). The summed E-state index contributed by atoms with van der Waals surface area (Å²) in [4.78, 5) is 24.9. The number of hydrogen-bond acceptors (Lipinski definition) is 3. The molecule has 1 fully saturated rings. The van der Waals surface area contributed by atoms with Gasteiger partial charge in [-0.25, -0.2) is 0 Å². The van der Waals surface area contributed by atoms with Crippen molar-refractivity contribution in [1.82, 2.24) is 10.6 Å². The molecule has 188 valence electrons. The average molecular weight is 469 g/mol. The van der Waals surface area contributed by atoms with Gasteiger partial charge in [0.1, 0.15) is 6.04 Å². The second-order valence-corrected chi connectivity index (χ2v) is 10.2. The first-order valence-corrected chi connectivity index (χ1v) is 14.4. The molecule has 0 unspecified atom stereocenters. The van der Waals surface area contributed by atoms with Crippen LogP contribution in [-0.4, -0.2) is 30.7 Å². The van der Waals surface area contributed by atoms with Crippen LogP contribution in [0.25, 0.3) is 0 Å². The van der Waals surface area contributed by atoms with Gasteiger partial charge in [-0.1, -0.05) is 122 Å². The summed E-state index contributed by atoms with van der Waals surface area (Å²) in [6.45, 7) is 0. The van der Waals surface area contributed by atoms with E-state index in [9.17, 15) is 9.59 Å². The van der Waals surface area contributed by atoms with Gasteiger partial charge in [0.2, 0.25) is 11.8 Å². The molecular weight excluding hydrogens is 416 g/mol. The lowest BCUT2D eigenvalue weighted by Crippen LogP contribution is -2.48. The normalized spacial score (nSPS) is 21.4. The summed E-state index contributed by atoms with van der Waals surface area (Å²) in [6.07, 6.45) is 27.2. The smallest absolute Gasteiger partial charge is 0.243 e. The van der Waals surface area contributed by atoms with Crippen molar-refractivity contribution < 1.29 is 9.59 Å². The van der Waals surface area contributed by atoms with Crippen molar-refractivity contribution in [3.05, 3.63) is 0 Å². The van der Waals surface area contributed by atoms with Crippen molar-refractivity contribution in [2.45, 2.75) is 141 Å². The molecule has 0 aliphatic heterocycles. The average Bonchev–Trinajstić information content (AvgIpc) is 2.80. The van der Waals surface area contributed by atoms with Gasteiger partial charge in [0.15, 0.2) is 0 Å². The molecule has 0 aromatic rings. The fraction of sp³-hybridized carbons (Fsp3) is 0.926. The molecule has 0 heterocycles. The summed E-state index contributed by atoms with van der Waals surface area (Å²) in [5.41, 5.74) is 0. The van der Waals surface area contributed by atoms with Crippen LogP contribution in [-0.2, 0) is 9.59 Å². The molecule has 4 nitrogen and oxygen atoms in total. The van der Waals surface area contributed by atoms with Crippen LogP contribution in [0, 0.1) is 5.92 Å². The molecule has 32 heavy (non-hydrogen) atoms. The first kappa shape index (κ1) is 29.3. The monoisotopic (exact) mass is 468 g/mol. The third-order valence-electron chi connectivity index (χ3n) is 7.04. The molecule has 0 radical (unpaired) electrons. The Balaban J connectivity index is 2.47. The Hall–Kier alpha value is -0.710. The maximum absolute atomic E-state index is 12.9. The van der Waals surface area contributed by atoms with Gasteiger partial charge in [-0.2, -0.15) is 12.6 Å². The third kappa shape index (κ3) is 15.2. The van der Waals surface area contributed by atoms with Crippen molar-refractivity contribution >= 4 is 24.4 Å². The molecular formula is C27H52N2O2S. The molecule has 1 aliphatic carbocycles. The molecule has 0 bridgehead atoms. The Bertz CT molecular complexity index is 451. The molecule has 1 saturated carbocycles. The van der Waals surface area contributed by atoms with E-state index in [1.165, 1.54) is 109 Å². The van der Waals surface area contributed by atoms with E-state index in [0.29, 0.717) is 5.75 Å². The first-order chi connectivity index (χ1) is 15.7. The van der Waals surface area contributed by atoms with Crippen LogP contribution in [0.4, 0.5) is 0 Å². The quantitative estimate of drug-likeness (QED) is 0.390. The second-order valence-electron chi connectivity index (χ2n) is 9.85. The largest absolute Gasteiger partial charge is 0.357 e. The summed E-state index contributed by atoms with van der Waals surface area (Å²) < 4.78 is 0. The predicted octanol–water partition coefficient (Wildman–Crippen LogP) is 6.97. The van der Waals surface area contributed by atoms with E-state index in [1.807, 2.05) is 0 Å². The van der Waals surface area contributed by atoms with E-state index in [0.717, 1.165) is 25.7 Å². The van der Waals surface area contributed by atoms with Crippen molar-refractivity contribution in [1.29, 1.82) is 0 Å². The second kappa shape index (κ2) is 20.9. The molecule has 1 atom stereocenters. The lowest BCUT2D eigenvalue weighted by molar-refractivity contribution is -0.130. The van der Waals surface area contributed by atoms with E-state index in [-0.39, 0.29) is 17.7 Å². The van der Waals surface area contributed by atoms with Crippen LogP contribution in [0.3, 0.4) is 0 Å². The molecule has 0 aromatic heterocycles. The van der Waals surface area contributed by atoms with Gasteiger partial charge in [-0.05, 0) is 12.8 Å². The van der Waals surface area contributed by atoms with E-state index in [4.69, 9.17) is 0 Å². The zero-order valence-corrected chi connectivity index (χ0v) is 21.9. The van der Waals surface area contributed by atoms with Crippen molar-refractivity contribution in [2.75, 3.05) is 12.8 Å². The topological polar surface area (TPSA) is 58.2 Å². The maximum Gasteiger partial charge on any atom is 0.243 e. The minimum absolute atomic E-state index is 0.0277. The fourth-order valence-corrected chi connectivity index (χ4v) is 5.11. The van der Waals surface area contributed by atoms with Gasteiger partial charge in [-0.15, -0.1) is 0 Å². The summed E-state index contributed by atoms with van der Waals surface area (Å²) in [5, 5.41) is 5.58. The number of hydrogen-bond donors (Lipinski definition) is 3. The molecule has 0 aromatic carbocycles. The highest BCUT2D eigenvalue weighted by molar-refractivity contribution is 7.80. The number of likely N-dealkylation sites (N-methyl/N-ethyl adjacent to an activating group) is 1. The highest BCUT2D eigenvalue weighted by Crippen LogP contribution is 2.21. The number of amides is 2. The SMILES string of the molecule is CNC(=O)[C@H](CS)NC(=O)C1CCCCCCCCCCCCCCCCCCCCC1. The zero-order chi connectivity index (χ0) is 23.3. The van der Waals surface area contributed by atoms with Crippen molar-refractivity contribution in [3.63, 3.8) is 0 Å². The van der Waals surface area contributed by atoms with Crippen LogP contribution < -0.4 is 10.6 Å². The van der Waals surface area contributed by atoms with E-state index >= 15 is 0 Å². The number of carbonyl (C=O) groups excluding carboxylic acids is 2. The molecule has 1 aliphatic rings. The van der Waals surface area contributed by atoms with Gasteiger partial charge in [-0.3, -0.25) is 9.59 Å².